The molecule has 28 heavy (non-hydrogen) atoms. The van der Waals surface area contributed by atoms with Crippen LogP contribution in [0.4, 0.5) is 11.4 Å². The van der Waals surface area contributed by atoms with Crippen LogP contribution in [-0.4, -0.2) is 39.4 Å². The van der Waals surface area contributed by atoms with Crippen molar-refractivity contribution in [3.8, 4) is 0 Å². The van der Waals surface area contributed by atoms with Gasteiger partial charge in [-0.3, -0.25) is 0 Å². The average molecular weight is 466 g/mol. The van der Waals surface area contributed by atoms with Gasteiger partial charge < -0.3 is 19.3 Å². The Morgan fingerprint density at radius 2 is 1.68 bits per heavy atom. The van der Waals surface area contributed by atoms with Crippen LogP contribution in [0, 0.1) is 0 Å². The third-order valence-corrected chi connectivity index (χ3v) is 5.10. The van der Waals surface area contributed by atoms with Gasteiger partial charge in [0, 0.05) is 20.9 Å². The minimum Gasteiger partial charge on any atom is -0.466 e. The fourth-order valence-electron chi connectivity index (χ4n) is 3.01. The van der Waals surface area contributed by atoms with Crippen molar-refractivity contribution in [1.82, 2.24) is 0 Å². The molecule has 3 rings (SSSR count). The van der Waals surface area contributed by atoms with Gasteiger partial charge in [-0.1, -0.05) is 33.6 Å². The summed E-state index contributed by atoms with van der Waals surface area (Å²) in [7, 11) is 2.56. The van der Waals surface area contributed by atoms with E-state index in [0.29, 0.717) is 17.4 Å². The number of ether oxygens (including phenoxy) is 2. The number of esters is 2. The van der Waals surface area contributed by atoms with Crippen molar-refractivity contribution in [3.05, 3.63) is 69.3 Å². The van der Waals surface area contributed by atoms with Crippen LogP contribution in [0.25, 0.3) is 0 Å². The maximum Gasteiger partial charge on any atom is 0.355 e. The van der Waals surface area contributed by atoms with E-state index in [9.17, 15) is 9.59 Å². The minimum atomic E-state index is -0.615. The molecule has 0 atom stereocenters. The first kappa shape index (κ1) is 20.2. The molecular weight excluding hydrogens is 448 g/mol. The summed E-state index contributed by atoms with van der Waals surface area (Å²) < 4.78 is 10.8. The Bertz CT molecular complexity index is 930. The molecule has 0 fully saturated rings. The van der Waals surface area contributed by atoms with Gasteiger partial charge in [-0.15, -0.1) is 0 Å². The number of carbonyl (C=O) groups is 2. The number of carbonyl (C=O) groups excluding carboxylic acids is 2. The summed E-state index contributed by atoms with van der Waals surface area (Å²) in [5.41, 5.74) is 1.91. The molecule has 2 aromatic rings. The summed E-state index contributed by atoms with van der Waals surface area (Å²) in [6, 6.07) is 14.7. The molecule has 0 aromatic heterocycles. The quantitative estimate of drug-likeness (QED) is 0.637. The van der Waals surface area contributed by atoms with Crippen LogP contribution in [0.15, 0.2) is 64.3 Å². The lowest BCUT2D eigenvalue weighted by Crippen LogP contribution is -2.48. The van der Waals surface area contributed by atoms with Crippen LogP contribution in [0.1, 0.15) is 0 Å². The Labute approximate surface area is 176 Å². The van der Waals surface area contributed by atoms with Crippen LogP contribution in [0.5, 0.6) is 0 Å². The molecule has 146 valence electrons. The van der Waals surface area contributed by atoms with Gasteiger partial charge in [0.1, 0.15) is 5.70 Å². The van der Waals surface area contributed by atoms with Crippen molar-refractivity contribution in [2.24, 2.45) is 0 Å². The van der Waals surface area contributed by atoms with Crippen molar-refractivity contribution in [3.63, 3.8) is 0 Å². The lowest BCUT2D eigenvalue weighted by atomic mass is 10.1. The smallest absolute Gasteiger partial charge is 0.355 e. The van der Waals surface area contributed by atoms with E-state index in [4.69, 9.17) is 21.1 Å². The molecule has 2 aromatic carbocycles. The molecule has 0 saturated heterocycles. The van der Waals surface area contributed by atoms with Crippen LogP contribution < -0.4 is 9.80 Å². The third kappa shape index (κ3) is 4.15. The van der Waals surface area contributed by atoms with Crippen LogP contribution in [0.3, 0.4) is 0 Å². The van der Waals surface area contributed by atoms with E-state index in [2.05, 4.69) is 15.9 Å². The molecule has 1 aliphatic rings. The second-order valence-corrected chi connectivity index (χ2v) is 7.39. The lowest BCUT2D eigenvalue weighted by Gasteiger charge is -2.39. The first-order valence-corrected chi connectivity index (χ1v) is 9.55. The first-order valence-electron chi connectivity index (χ1n) is 8.38. The largest absolute Gasteiger partial charge is 0.466 e. The van der Waals surface area contributed by atoms with E-state index in [1.54, 1.807) is 23.1 Å². The summed E-state index contributed by atoms with van der Waals surface area (Å²) in [5, 5.41) is 0.516. The van der Waals surface area contributed by atoms with Gasteiger partial charge >= 0.3 is 11.9 Å². The molecule has 0 N–H and O–H groups in total. The van der Waals surface area contributed by atoms with Crippen molar-refractivity contribution in [2.75, 3.05) is 37.2 Å². The van der Waals surface area contributed by atoms with E-state index in [-0.39, 0.29) is 17.8 Å². The van der Waals surface area contributed by atoms with E-state index >= 15 is 0 Å². The van der Waals surface area contributed by atoms with Crippen LogP contribution >= 0.6 is 27.5 Å². The van der Waals surface area contributed by atoms with Gasteiger partial charge in [-0.05, 0) is 42.5 Å². The topological polar surface area (TPSA) is 59.1 Å². The summed E-state index contributed by atoms with van der Waals surface area (Å²) in [6.07, 6.45) is 0. The summed E-state index contributed by atoms with van der Waals surface area (Å²) in [4.78, 5) is 28.7. The Morgan fingerprint density at radius 1 is 1.00 bits per heavy atom. The number of nitrogens with zero attached hydrogens (tertiary/aromatic N) is 2. The zero-order valence-corrected chi connectivity index (χ0v) is 17.7. The molecule has 0 saturated carbocycles. The van der Waals surface area contributed by atoms with E-state index in [1.165, 1.54) is 14.2 Å². The van der Waals surface area contributed by atoms with Gasteiger partial charge in [0.2, 0.25) is 0 Å². The molecular formula is C20H18BrClN2O4. The monoisotopic (exact) mass is 464 g/mol. The number of methoxy groups -OCH3 is 2. The van der Waals surface area contributed by atoms with Crippen molar-refractivity contribution < 1.29 is 19.1 Å². The highest BCUT2D eigenvalue weighted by atomic mass is 79.9. The molecule has 8 heteroatoms. The molecule has 0 aliphatic carbocycles. The fourth-order valence-corrected chi connectivity index (χ4v) is 3.46. The molecule has 1 aliphatic heterocycles. The summed E-state index contributed by atoms with van der Waals surface area (Å²) >= 11 is 9.57. The predicted octanol–water partition coefficient (Wildman–Crippen LogP) is 3.99. The molecule has 0 unspecified atom stereocenters. The molecule has 0 radical (unpaired) electrons. The average Bonchev–Trinajstić information content (AvgIpc) is 2.72. The maximum atomic E-state index is 12.6. The summed E-state index contributed by atoms with van der Waals surface area (Å²) in [6.45, 7) is 0.530. The van der Waals surface area contributed by atoms with Gasteiger partial charge in [-0.2, -0.15) is 0 Å². The molecule has 1 heterocycles. The number of hydrogen-bond acceptors (Lipinski definition) is 6. The molecule has 0 bridgehead atoms. The highest BCUT2D eigenvalue weighted by molar-refractivity contribution is 9.10. The number of anilines is 2. The summed E-state index contributed by atoms with van der Waals surface area (Å²) in [5.74, 6) is -1.20. The standard InChI is InChI=1S/C20H18BrClN2O4/c1-27-19(25)17-11-23(15-8-6-13(21)7-9-15)12-24(18(17)20(26)28-2)16-5-3-4-14(22)10-16/h3-10H,11-12H2,1-2H3. The predicted molar refractivity (Wildman–Crippen MR) is 111 cm³/mol. The van der Waals surface area contributed by atoms with E-state index in [0.717, 1.165) is 10.2 Å². The van der Waals surface area contributed by atoms with Gasteiger partial charge in [0.15, 0.2) is 0 Å². The molecule has 6 nitrogen and oxygen atoms in total. The Balaban J connectivity index is 2.14. The fraction of sp³-hybridized carbons (Fsp3) is 0.200. The Morgan fingerprint density at radius 3 is 2.29 bits per heavy atom. The van der Waals surface area contributed by atoms with Crippen LogP contribution in [0.2, 0.25) is 5.02 Å². The maximum absolute atomic E-state index is 12.6. The number of benzene rings is 2. The van der Waals surface area contributed by atoms with Gasteiger partial charge in [0.25, 0.3) is 0 Å². The zero-order valence-electron chi connectivity index (χ0n) is 15.3. The third-order valence-electron chi connectivity index (χ3n) is 4.34. The van der Waals surface area contributed by atoms with Crippen molar-refractivity contribution in [1.29, 1.82) is 0 Å². The number of halogens is 2. The highest BCUT2D eigenvalue weighted by Crippen LogP contribution is 2.32. The Kier molecular flexibility index (Phi) is 6.26. The number of rotatable bonds is 4. The normalized spacial score (nSPS) is 14.1. The Hall–Kier alpha value is -2.51. The lowest BCUT2D eigenvalue weighted by molar-refractivity contribution is -0.139. The van der Waals surface area contributed by atoms with E-state index < -0.39 is 11.9 Å². The second-order valence-electron chi connectivity index (χ2n) is 6.03. The highest BCUT2D eigenvalue weighted by Gasteiger charge is 2.35. The molecule has 0 spiro atoms. The van der Waals surface area contributed by atoms with Crippen LogP contribution in [-0.2, 0) is 19.1 Å². The minimum absolute atomic E-state index is 0.143. The second kappa shape index (κ2) is 8.67. The first-order chi connectivity index (χ1) is 13.4. The van der Waals surface area contributed by atoms with Gasteiger partial charge in [0.05, 0.1) is 33.0 Å². The van der Waals surface area contributed by atoms with Crippen molar-refractivity contribution in [2.45, 2.75) is 0 Å². The molecule has 0 amide bonds. The SMILES string of the molecule is COC(=O)C1=C(C(=O)OC)N(c2cccc(Cl)c2)CN(c2ccc(Br)cc2)C1. The zero-order chi connectivity index (χ0) is 20.3. The van der Waals surface area contributed by atoms with Gasteiger partial charge in [-0.25, -0.2) is 9.59 Å². The number of hydrogen-bond donors (Lipinski definition) is 0. The van der Waals surface area contributed by atoms with Crippen molar-refractivity contribution >= 4 is 50.8 Å². The van der Waals surface area contributed by atoms with E-state index in [1.807, 2.05) is 35.2 Å².